The highest BCUT2D eigenvalue weighted by molar-refractivity contribution is 4.91. The molecule has 2 fully saturated rings. The molecule has 100 valence electrons. The summed E-state index contributed by atoms with van der Waals surface area (Å²) >= 11 is 0. The largest absolute Gasteiger partial charge is 0.379 e. The monoisotopic (exact) mass is 241 g/mol. The van der Waals surface area contributed by atoms with Crippen LogP contribution in [0.25, 0.3) is 0 Å². The van der Waals surface area contributed by atoms with E-state index < -0.39 is 0 Å². The lowest BCUT2D eigenvalue weighted by molar-refractivity contribution is -0.0146. The average molecular weight is 241 g/mol. The number of hydrogen-bond donors (Lipinski definition) is 2. The molecule has 1 saturated heterocycles. The molecule has 17 heavy (non-hydrogen) atoms. The van der Waals surface area contributed by atoms with Gasteiger partial charge in [0.15, 0.2) is 0 Å². The Hall–Kier alpha value is -0.160. The van der Waals surface area contributed by atoms with Crippen molar-refractivity contribution < 1.29 is 4.74 Å². The minimum atomic E-state index is 0.141. The summed E-state index contributed by atoms with van der Waals surface area (Å²) < 4.78 is 5.38. The van der Waals surface area contributed by atoms with Crippen LogP contribution in [0.4, 0.5) is 0 Å². The van der Waals surface area contributed by atoms with Gasteiger partial charge in [0.2, 0.25) is 0 Å². The molecule has 0 bridgehead atoms. The SMILES string of the molecule is CC1CCCC(CN)(NN2CCOCC2)CC1. The molecule has 0 spiro atoms. The third-order valence-corrected chi connectivity index (χ3v) is 4.27. The number of hydrogen-bond acceptors (Lipinski definition) is 4. The van der Waals surface area contributed by atoms with E-state index in [2.05, 4.69) is 17.4 Å². The number of hydrazine groups is 1. The topological polar surface area (TPSA) is 50.5 Å². The zero-order valence-electron chi connectivity index (χ0n) is 11.1. The van der Waals surface area contributed by atoms with Gasteiger partial charge < -0.3 is 10.5 Å². The van der Waals surface area contributed by atoms with Crippen LogP contribution >= 0.6 is 0 Å². The molecule has 3 N–H and O–H groups in total. The van der Waals surface area contributed by atoms with Gasteiger partial charge in [-0.3, -0.25) is 0 Å². The highest BCUT2D eigenvalue weighted by Crippen LogP contribution is 2.30. The van der Waals surface area contributed by atoms with E-state index in [-0.39, 0.29) is 5.54 Å². The van der Waals surface area contributed by atoms with E-state index in [9.17, 15) is 0 Å². The number of nitrogens with two attached hydrogens (primary N) is 1. The molecule has 1 aliphatic heterocycles. The first-order valence-corrected chi connectivity index (χ1v) is 7.05. The molecular formula is C13H27N3O. The maximum absolute atomic E-state index is 6.05. The van der Waals surface area contributed by atoms with Crippen molar-refractivity contribution in [1.29, 1.82) is 0 Å². The lowest BCUT2D eigenvalue weighted by Crippen LogP contribution is -2.60. The number of morpholine rings is 1. The molecule has 0 aromatic carbocycles. The molecule has 2 unspecified atom stereocenters. The smallest absolute Gasteiger partial charge is 0.0608 e. The molecule has 1 aliphatic carbocycles. The molecule has 1 saturated carbocycles. The van der Waals surface area contributed by atoms with Crippen LogP contribution < -0.4 is 11.2 Å². The first kappa shape index (κ1) is 13.3. The Labute approximate surface area is 105 Å². The second-order valence-electron chi connectivity index (χ2n) is 5.73. The Morgan fingerprint density at radius 2 is 2.06 bits per heavy atom. The van der Waals surface area contributed by atoms with E-state index in [4.69, 9.17) is 10.5 Å². The van der Waals surface area contributed by atoms with Crippen LogP contribution in [0.15, 0.2) is 0 Å². The summed E-state index contributed by atoms with van der Waals surface area (Å²) in [7, 11) is 0. The highest BCUT2D eigenvalue weighted by Gasteiger charge is 2.32. The maximum atomic E-state index is 6.05. The van der Waals surface area contributed by atoms with E-state index in [1.807, 2.05) is 0 Å². The van der Waals surface area contributed by atoms with Crippen molar-refractivity contribution in [3.63, 3.8) is 0 Å². The van der Waals surface area contributed by atoms with Crippen LogP contribution in [0.5, 0.6) is 0 Å². The number of nitrogens with zero attached hydrogens (tertiary/aromatic N) is 1. The van der Waals surface area contributed by atoms with Gasteiger partial charge in [-0.2, -0.15) is 0 Å². The van der Waals surface area contributed by atoms with Crippen molar-refractivity contribution in [2.24, 2.45) is 11.7 Å². The van der Waals surface area contributed by atoms with Gasteiger partial charge >= 0.3 is 0 Å². The van der Waals surface area contributed by atoms with Gasteiger partial charge in [0.25, 0.3) is 0 Å². The summed E-state index contributed by atoms with van der Waals surface area (Å²) in [6.45, 7) is 6.75. The molecule has 4 heteroatoms. The Morgan fingerprint density at radius 1 is 1.29 bits per heavy atom. The first-order chi connectivity index (χ1) is 8.24. The molecule has 0 aromatic rings. The molecular weight excluding hydrogens is 214 g/mol. The molecule has 2 atom stereocenters. The molecule has 1 heterocycles. The standard InChI is InChI=1S/C13H27N3O/c1-12-3-2-5-13(11-14,6-4-12)15-16-7-9-17-10-8-16/h12,15H,2-11,14H2,1H3. The predicted octanol–water partition coefficient (Wildman–Crippen LogP) is 1.12. The molecule has 0 amide bonds. The summed E-state index contributed by atoms with van der Waals surface area (Å²) in [5.74, 6) is 0.856. The van der Waals surface area contributed by atoms with E-state index in [1.54, 1.807) is 0 Å². The van der Waals surface area contributed by atoms with Gasteiger partial charge in [-0.25, -0.2) is 10.4 Å². The van der Waals surface area contributed by atoms with Crippen molar-refractivity contribution in [2.45, 2.75) is 44.6 Å². The van der Waals surface area contributed by atoms with Gasteiger partial charge in [0.1, 0.15) is 0 Å². The molecule has 2 aliphatic rings. The van der Waals surface area contributed by atoms with Gasteiger partial charge in [-0.1, -0.05) is 19.8 Å². The number of ether oxygens (including phenoxy) is 1. The minimum Gasteiger partial charge on any atom is -0.379 e. The minimum absolute atomic E-state index is 0.141. The van der Waals surface area contributed by atoms with E-state index in [0.29, 0.717) is 0 Å². The second kappa shape index (κ2) is 6.14. The van der Waals surface area contributed by atoms with Crippen LogP contribution in [-0.2, 0) is 4.74 Å². The summed E-state index contributed by atoms with van der Waals surface area (Å²) in [5, 5.41) is 2.31. The Balaban J connectivity index is 1.92. The van der Waals surface area contributed by atoms with Gasteiger partial charge in [0, 0.05) is 25.2 Å². The Morgan fingerprint density at radius 3 is 2.76 bits per heavy atom. The fourth-order valence-corrected chi connectivity index (χ4v) is 2.95. The quantitative estimate of drug-likeness (QED) is 0.727. The van der Waals surface area contributed by atoms with Crippen LogP contribution in [0.2, 0.25) is 0 Å². The zero-order valence-corrected chi connectivity index (χ0v) is 11.1. The van der Waals surface area contributed by atoms with Crippen molar-refractivity contribution >= 4 is 0 Å². The van der Waals surface area contributed by atoms with Crippen molar-refractivity contribution in [3.05, 3.63) is 0 Å². The molecule has 0 aromatic heterocycles. The fourth-order valence-electron chi connectivity index (χ4n) is 2.95. The van der Waals surface area contributed by atoms with Crippen molar-refractivity contribution in [3.8, 4) is 0 Å². The lowest BCUT2D eigenvalue weighted by Gasteiger charge is -2.40. The van der Waals surface area contributed by atoms with Crippen LogP contribution in [0.3, 0.4) is 0 Å². The normalized spacial score (nSPS) is 36.7. The average Bonchev–Trinajstić information content (AvgIpc) is 2.54. The molecule has 2 rings (SSSR count). The molecule has 0 radical (unpaired) electrons. The highest BCUT2D eigenvalue weighted by atomic mass is 16.5. The van der Waals surface area contributed by atoms with Gasteiger partial charge in [-0.15, -0.1) is 0 Å². The van der Waals surface area contributed by atoms with Crippen LogP contribution in [0.1, 0.15) is 39.0 Å². The van der Waals surface area contributed by atoms with E-state index in [1.165, 1.54) is 32.1 Å². The third-order valence-electron chi connectivity index (χ3n) is 4.27. The zero-order chi connectivity index (χ0) is 12.1. The Bertz CT molecular complexity index is 231. The number of nitrogens with one attached hydrogen (secondary N) is 1. The Kier molecular flexibility index (Phi) is 4.79. The van der Waals surface area contributed by atoms with Crippen molar-refractivity contribution in [1.82, 2.24) is 10.4 Å². The predicted molar refractivity (Wildman–Crippen MR) is 69.6 cm³/mol. The van der Waals surface area contributed by atoms with Gasteiger partial charge in [0.05, 0.1) is 13.2 Å². The van der Waals surface area contributed by atoms with Crippen LogP contribution in [0, 0.1) is 5.92 Å². The van der Waals surface area contributed by atoms with E-state index >= 15 is 0 Å². The van der Waals surface area contributed by atoms with Crippen LogP contribution in [-0.4, -0.2) is 43.4 Å². The fraction of sp³-hybridized carbons (Fsp3) is 1.00. The van der Waals surface area contributed by atoms with E-state index in [0.717, 1.165) is 38.8 Å². The number of rotatable bonds is 3. The summed E-state index contributed by atoms with van der Waals surface area (Å²) in [4.78, 5) is 0. The third kappa shape index (κ3) is 3.65. The second-order valence-corrected chi connectivity index (χ2v) is 5.73. The maximum Gasteiger partial charge on any atom is 0.0608 e. The van der Waals surface area contributed by atoms with Crippen molar-refractivity contribution in [2.75, 3.05) is 32.8 Å². The van der Waals surface area contributed by atoms with Gasteiger partial charge in [-0.05, 0) is 25.2 Å². The summed E-state index contributed by atoms with van der Waals surface area (Å²) in [6.07, 6.45) is 6.38. The summed E-state index contributed by atoms with van der Waals surface area (Å²) in [5.41, 5.74) is 9.90. The first-order valence-electron chi connectivity index (χ1n) is 7.05. The molecule has 4 nitrogen and oxygen atoms in total. The lowest BCUT2D eigenvalue weighted by atomic mass is 9.90. The summed E-state index contributed by atoms with van der Waals surface area (Å²) in [6, 6.07) is 0.